The van der Waals surface area contributed by atoms with E-state index < -0.39 is 0 Å². The fourth-order valence-corrected chi connectivity index (χ4v) is 2.98. The first-order chi connectivity index (χ1) is 8.40. The molecule has 3 heteroatoms. The van der Waals surface area contributed by atoms with E-state index in [1.807, 2.05) is 0 Å². The Bertz CT molecular complexity index is 454. The quantitative estimate of drug-likeness (QED) is 0.636. The maximum atomic E-state index is 5.79. The number of benzene rings is 1. The van der Waals surface area contributed by atoms with E-state index in [0.29, 0.717) is 11.3 Å². The van der Waals surface area contributed by atoms with Crippen molar-refractivity contribution in [1.82, 2.24) is 5.43 Å². The summed E-state index contributed by atoms with van der Waals surface area (Å²) in [6.45, 7) is 8.80. The number of aryl methyl sites for hydroxylation is 2. The van der Waals surface area contributed by atoms with Gasteiger partial charge in [-0.05, 0) is 48.8 Å². The molecule has 0 amide bonds. The molecule has 2 rings (SSSR count). The van der Waals surface area contributed by atoms with Crippen molar-refractivity contribution in [2.75, 3.05) is 7.11 Å². The molecule has 18 heavy (non-hydrogen) atoms. The molecule has 100 valence electrons. The molecule has 0 spiro atoms. The van der Waals surface area contributed by atoms with Gasteiger partial charge in [-0.1, -0.05) is 19.9 Å². The van der Waals surface area contributed by atoms with E-state index in [1.54, 1.807) is 7.11 Å². The number of nitrogens with two attached hydrogens (primary N) is 1. The van der Waals surface area contributed by atoms with Crippen molar-refractivity contribution in [1.29, 1.82) is 0 Å². The van der Waals surface area contributed by atoms with Crippen molar-refractivity contribution < 1.29 is 4.74 Å². The van der Waals surface area contributed by atoms with E-state index in [4.69, 9.17) is 10.6 Å². The van der Waals surface area contributed by atoms with E-state index in [1.165, 1.54) is 23.1 Å². The number of hydrazine groups is 1. The van der Waals surface area contributed by atoms with Gasteiger partial charge >= 0.3 is 0 Å². The Morgan fingerprint density at radius 3 is 2.44 bits per heavy atom. The summed E-state index contributed by atoms with van der Waals surface area (Å²) < 4.78 is 5.54. The van der Waals surface area contributed by atoms with Crippen molar-refractivity contribution in [3.63, 3.8) is 0 Å². The van der Waals surface area contributed by atoms with E-state index >= 15 is 0 Å². The summed E-state index contributed by atoms with van der Waals surface area (Å²) in [5.74, 6) is 7.32. The molecule has 1 aliphatic carbocycles. The smallest absolute Gasteiger partial charge is 0.124 e. The van der Waals surface area contributed by atoms with Gasteiger partial charge in [-0.2, -0.15) is 0 Å². The zero-order valence-corrected chi connectivity index (χ0v) is 12.0. The molecule has 0 aromatic heterocycles. The van der Waals surface area contributed by atoms with Gasteiger partial charge in [-0.15, -0.1) is 0 Å². The second-order valence-corrected chi connectivity index (χ2v) is 6.14. The monoisotopic (exact) mass is 248 g/mol. The van der Waals surface area contributed by atoms with Crippen molar-refractivity contribution in [2.24, 2.45) is 17.2 Å². The number of hydrogen-bond acceptors (Lipinski definition) is 3. The lowest BCUT2D eigenvalue weighted by Crippen LogP contribution is -2.31. The molecule has 0 radical (unpaired) electrons. The first-order valence-electron chi connectivity index (χ1n) is 6.52. The van der Waals surface area contributed by atoms with Crippen LogP contribution in [0.5, 0.6) is 5.75 Å². The molecule has 2 atom stereocenters. The average molecular weight is 248 g/mol. The zero-order valence-electron chi connectivity index (χ0n) is 12.0. The largest absolute Gasteiger partial charge is 0.496 e. The summed E-state index contributed by atoms with van der Waals surface area (Å²) in [6.07, 6.45) is 1.21. The first kappa shape index (κ1) is 13.4. The minimum Gasteiger partial charge on any atom is -0.496 e. The summed E-state index contributed by atoms with van der Waals surface area (Å²) in [5, 5.41) is 0. The number of rotatable bonds is 4. The molecule has 0 bridgehead atoms. The minimum atomic E-state index is 0.176. The van der Waals surface area contributed by atoms with Crippen LogP contribution >= 0.6 is 0 Å². The third kappa shape index (κ3) is 2.25. The fourth-order valence-electron chi connectivity index (χ4n) is 2.98. The lowest BCUT2D eigenvalue weighted by atomic mass is 9.92. The standard InChI is InChI=1S/C15H24N2O/c1-9-6-10(2)13(12(7-9)18-5)14(17-16)11-8-15(11,3)4/h6-7,11,14,17H,8,16H2,1-5H3. The number of hydrogen-bond donors (Lipinski definition) is 2. The van der Waals surface area contributed by atoms with Crippen molar-refractivity contribution in [3.8, 4) is 5.75 Å². The van der Waals surface area contributed by atoms with Crippen LogP contribution in [0.25, 0.3) is 0 Å². The Morgan fingerprint density at radius 2 is 2.00 bits per heavy atom. The predicted octanol–water partition coefficient (Wildman–Crippen LogP) is 2.86. The summed E-state index contributed by atoms with van der Waals surface area (Å²) in [5.41, 5.74) is 7.04. The second-order valence-electron chi connectivity index (χ2n) is 6.14. The minimum absolute atomic E-state index is 0.176. The summed E-state index contributed by atoms with van der Waals surface area (Å²) in [7, 11) is 1.73. The Kier molecular flexibility index (Phi) is 3.39. The Morgan fingerprint density at radius 1 is 1.39 bits per heavy atom. The lowest BCUT2D eigenvalue weighted by molar-refractivity contribution is 0.376. The highest BCUT2D eigenvalue weighted by atomic mass is 16.5. The molecule has 1 saturated carbocycles. The third-order valence-corrected chi connectivity index (χ3v) is 4.20. The van der Waals surface area contributed by atoms with Gasteiger partial charge in [0.1, 0.15) is 5.75 Å². The van der Waals surface area contributed by atoms with Gasteiger partial charge in [0.05, 0.1) is 13.2 Å². The fraction of sp³-hybridized carbons (Fsp3) is 0.600. The second kappa shape index (κ2) is 4.56. The van der Waals surface area contributed by atoms with E-state index in [0.717, 1.165) is 5.75 Å². The Balaban J connectivity index is 2.42. The molecule has 1 fully saturated rings. The maximum Gasteiger partial charge on any atom is 0.124 e. The molecule has 0 heterocycles. The van der Waals surface area contributed by atoms with Crippen LogP contribution in [0.3, 0.4) is 0 Å². The van der Waals surface area contributed by atoms with Crippen molar-refractivity contribution >= 4 is 0 Å². The molecular formula is C15H24N2O. The van der Waals surface area contributed by atoms with E-state index in [9.17, 15) is 0 Å². The molecule has 1 aromatic carbocycles. The predicted molar refractivity (Wildman–Crippen MR) is 74.4 cm³/mol. The van der Waals surface area contributed by atoms with Crippen LogP contribution < -0.4 is 16.0 Å². The van der Waals surface area contributed by atoms with Crippen molar-refractivity contribution in [2.45, 2.75) is 40.2 Å². The van der Waals surface area contributed by atoms with E-state index in [-0.39, 0.29) is 6.04 Å². The number of ether oxygens (including phenoxy) is 1. The topological polar surface area (TPSA) is 47.3 Å². The highest BCUT2D eigenvalue weighted by molar-refractivity contribution is 5.46. The van der Waals surface area contributed by atoms with Crippen LogP contribution in [-0.4, -0.2) is 7.11 Å². The van der Waals surface area contributed by atoms with Crippen LogP contribution in [0.15, 0.2) is 12.1 Å². The molecule has 1 aromatic rings. The van der Waals surface area contributed by atoms with Crippen LogP contribution in [0, 0.1) is 25.2 Å². The highest BCUT2D eigenvalue weighted by Gasteiger charge is 2.51. The van der Waals surface area contributed by atoms with Gasteiger partial charge in [-0.3, -0.25) is 11.3 Å². The average Bonchev–Trinajstić information content (AvgIpc) is 2.91. The van der Waals surface area contributed by atoms with Crippen LogP contribution in [0.4, 0.5) is 0 Å². The number of nitrogens with one attached hydrogen (secondary N) is 1. The summed E-state index contributed by atoms with van der Waals surface area (Å²) in [6, 6.07) is 4.45. The maximum absolute atomic E-state index is 5.79. The molecule has 2 unspecified atom stereocenters. The number of methoxy groups -OCH3 is 1. The van der Waals surface area contributed by atoms with Crippen molar-refractivity contribution in [3.05, 3.63) is 28.8 Å². The molecule has 0 saturated heterocycles. The molecule has 1 aliphatic rings. The first-order valence-corrected chi connectivity index (χ1v) is 6.52. The molecule has 3 nitrogen and oxygen atoms in total. The molecule has 0 aliphatic heterocycles. The molecule has 3 N–H and O–H groups in total. The normalized spacial score (nSPS) is 22.7. The van der Waals surface area contributed by atoms with E-state index in [2.05, 4.69) is 45.3 Å². The van der Waals surface area contributed by atoms with Gasteiger partial charge in [0.2, 0.25) is 0 Å². The molecular weight excluding hydrogens is 224 g/mol. The Labute approximate surface area is 110 Å². The van der Waals surface area contributed by atoms with Gasteiger partial charge in [0, 0.05) is 5.56 Å². The summed E-state index contributed by atoms with van der Waals surface area (Å²) >= 11 is 0. The van der Waals surface area contributed by atoms with Crippen LogP contribution in [-0.2, 0) is 0 Å². The van der Waals surface area contributed by atoms with Gasteiger partial charge in [0.15, 0.2) is 0 Å². The summed E-state index contributed by atoms with van der Waals surface area (Å²) in [4.78, 5) is 0. The third-order valence-electron chi connectivity index (χ3n) is 4.20. The van der Waals surface area contributed by atoms with Crippen LogP contribution in [0.2, 0.25) is 0 Å². The van der Waals surface area contributed by atoms with Gasteiger partial charge < -0.3 is 4.74 Å². The zero-order chi connectivity index (χ0) is 13.5. The Hall–Kier alpha value is -1.06. The van der Waals surface area contributed by atoms with Gasteiger partial charge in [-0.25, -0.2) is 0 Å². The SMILES string of the molecule is COc1cc(C)cc(C)c1C(NN)C1CC1(C)C. The van der Waals surface area contributed by atoms with Crippen LogP contribution in [0.1, 0.15) is 43.0 Å². The van der Waals surface area contributed by atoms with Gasteiger partial charge in [0.25, 0.3) is 0 Å². The lowest BCUT2D eigenvalue weighted by Gasteiger charge is -2.23. The highest BCUT2D eigenvalue weighted by Crippen LogP contribution is 2.58.